The molecule has 1 aromatic carbocycles. The topological polar surface area (TPSA) is 108 Å². The van der Waals surface area contributed by atoms with Gasteiger partial charge in [-0.15, -0.1) is 5.10 Å². The van der Waals surface area contributed by atoms with Gasteiger partial charge in [0, 0.05) is 11.6 Å². The molecule has 1 heterocycles. The summed E-state index contributed by atoms with van der Waals surface area (Å²) < 4.78 is 6.81. The molecule has 1 aliphatic carbocycles. The van der Waals surface area contributed by atoms with E-state index in [1.165, 1.54) is 11.0 Å². The van der Waals surface area contributed by atoms with E-state index in [0.29, 0.717) is 23.7 Å². The number of nitrogens with two attached hydrogens (primary N) is 1. The van der Waals surface area contributed by atoms with Gasteiger partial charge in [-0.1, -0.05) is 6.42 Å². The van der Waals surface area contributed by atoms with E-state index >= 15 is 0 Å². The van der Waals surface area contributed by atoms with Gasteiger partial charge in [0.15, 0.2) is 0 Å². The smallest absolute Gasteiger partial charge is 0.227 e. The lowest BCUT2D eigenvalue weighted by atomic mass is 9.95. The SMILES string of the molecule is COc1ccc(NC(=O)[C@@H]2CCC[C@@H]2CN)cc1-n1cnnn1. The largest absolute Gasteiger partial charge is 0.494 e. The predicted octanol–water partition coefficient (Wildman–Crippen LogP) is 0.984. The van der Waals surface area contributed by atoms with Crippen LogP contribution in [0.15, 0.2) is 24.5 Å². The third kappa shape index (κ3) is 3.16. The van der Waals surface area contributed by atoms with Crippen molar-refractivity contribution in [1.29, 1.82) is 0 Å². The molecule has 23 heavy (non-hydrogen) atoms. The first kappa shape index (κ1) is 15.4. The van der Waals surface area contributed by atoms with Crippen molar-refractivity contribution in [2.75, 3.05) is 19.0 Å². The molecule has 0 unspecified atom stereocenters. The fourth-order valence-electron chi connectivity index (χ4n) is 3.12. The molecule has 1 aliphatic rings. The number of carbonyl (C=O) groups excluding carboxylic acids is 1. The van der Waals surface area contributed by atoms with Crippen LogP contribution in [-0.2, 0) is 4.79 Å². The molecule has 2 aromatic rings. The summed E-state index contributed by atoms with van der Waals surface area (Å²) in [6.45, 7) is 0.552. The van der Waals surface area contributed by atoms with Crippen molar-refractivity contribution < 1.29 is 9.53 Å². The maximum Gasteiger partial charge on any atom is 0.227 e. The maximum absolute atomic E-state index is 12.5. The zero-order chi connectivity index (χ0) is 16.2. The van der Waals surface area contributed by atoms with E-state index in [9.17, 15) is 4.79 Å². The van der Waals surface area contributed by atoms with Gasteiger partial charge in [0.1, 0.15) is 17.8 Å². The number of anilines is 1. The van der Waals surface area contributed by atoms with Crippen molar-refractivity contribution in [2.45, 2.75) is 19.3 Å². The van der Waals surface area contributed by atoms with Crippen molar-refractivity contribution in [1.82, 2.24) is 20.2 Å². The number of nitrogens with one attached hydrogen (secondary N) is 1. The van der Waals surface area contributed by atoms with E-state index in [1.807, 2.05) is 0 Å². The number of methoxy groups -OCH3 is 1. The van der Waals surface area contributed by atoms with Crippen LogP contribution in [0.25, 0.3) is 5.69 Å². The van der Waals surface area contributed by atoms with Crippen LogP contribution in [0.4, 0.5) is 5.69 Å². The van der Waals surface area contributed by atoms with Crippen LogP contribution >= 0.6 is 0 Å². The Morgan fingerprint density at radius 1 is 1.48 bits per heavy atom. The molecule has 1 aromatic heterocycles. The van der Waals surface area contributed by atoms with Crippen LogP contribution in [-0.4, -0.2) is 39.8 Å². The van der Waals surface area contributed by atoms with Crippen LogP contribution in [0.3, 0.4) is 0 Å². The molecule has 0 spiro atoms. The highest BCUT2D eigenvalue weighted by molar-refractivity contribution is 5.93. The Balaban J connectivity index is 1.81. The number of benzene rings is 1. The molecule has 8 heteroatoms. The molecule has 2 atom stereocenters. The molecular weight excluding hydrogens is 296 g/mol. The van der Waals surface area contributed by atoms with Gasteiger partial charge in [0.05, 0.1) is 7.11 Å². The number of hydrogen-bond donors (Lipinski definition) is 2. The number of nitrogens with zero attached hydrogens (tertiary/aromatic N) is 4. The lowest BCUT2D eigenvalue weighted by Crippen LogP contribution is -2.29. The van der Waals surface area contributed by atoms with Crippen molar-refractivity contribution in [3.63, 3.8) is 0 Å². The number of amides is 1. The van der Waals surface area contributed by atoms with Gasteiger partial charge in [-0.05, 0) is 53.9 Å². The standard InChI is InChI=1S/C15H20N6O2/c1-23-14-6-5-11(7-13(14)21-9-17-19-20-21)18-15(22)12-4-2-3-10(12)8-16/h5-7,9-10,12H,2-4,8,16H2,1H3,(H,18,22)/t10-,12-/m1/s1. The van der Waals surface area contributed by atoms with Crippen molar-refractivity contribution in [3.05, 3.63) is 24.5 Å². The number of tetrazole rings is 1. The zero-order valence-electron chi connectivity index (χ0n) is 13.0. The monoisotopic (exact) mass is 316 g/mol. The highest BCUT2D eigenvalue weighted by Gasteiger charge is 2.31. The molecule has 0 bridgehead atoms. The third-order valence-electron chi connectivity index (χ3n) is 4.34. The number of carbonyl (C=O) groups is 1. The van der Waals surface area contributed by atoms with Crippen LogP contribution < -0.4 is 15.8 Å². The van der Waals surface area contributed by atoms with Crippen molar-refractivity contribution in [3.8, 4) is 11.4 Å². The highest BCUT2D eigenvalue weighted by Crippen LogP contribution is 2.32. The summed E-state index contributed by atoms with van der Waals surface area (Å²) in [4.78, 5) is 12.5. The Morgan fingerprint density at radius 2 is 2.35 bits per heavy atom. The minimum Gasteiger partial charge on any atom is -0.494 e. The Bertz CT molecular complexity index is 673. The fraction of sp³-hybridized carbons (Fsp3) is 0.467. The van der Waals surface area contributed by atoms with Crippen LogP contribution in [0.5, 0.6) is 5.75 Å². The molecule has 0 aliphatic heterocycles. The number of rotatable bonds is 5. The molecule has 3 rings (SSSR count). The molecule has 0 radical (unpaired) electrons. The highest BCUT2D eigenvalue weighted by atomic mass is 16.5. The minimum absolute atomic E-state index is 0.0152. The van der Waals surface area contributed by atoms with Gasteiger partial charge < -0.3 is 15.8 Å². The first-order chi connectivity index (χ1) is 11.2. The summed E-state index contributed by atoms with van der Waals surface area (Å²) in [6, 6.07) is 5.37. The van der Waals surface area contributed by atoms with Gasteiger partial charge in [0.2, 0.25) is 5.91 Å². The Labute approximate surface area is 134 Å². The normalized spacial score (nSPS) is 20.4. The fourth-order valence-corrected chi connectivity index (χ4v) is 3.12. The molecule has 8 nitrogen and oxygen atoms in total. The van der Waals surface area contributed by atoms with Gasteiger partial charge in [-0.25, -0.2) is 0 Å². The second-order valence-corrected chi connectivity index (χ2v) is 5.66. The van der Waals surface area contributed by atoms with Gasteiger partial charge >= 0.3 is 0 Å². The number of ether oxygens (including phenoxy) is 1. The van der Waals surface area contributed by atoms with E-state index in [2.05, 4.69) is 20.8 Å². The average Bonchev–Trinajstić information content (AvgIpc) is 3.25. The number of hydrogen-bond acceptors (Lipinski definition) is 6. The summed E-state index contributed by atoms with van der Waals surface area (Å²) >= 11 is 0. The Morgan fingerprint density at radius 3 is 3.04 bits per heavy atom. The third-order valence-corrected chi connectivity index (χ3v) is 4.34. The van der Waals surface area contributed by atoms with Crippen LogP contribution in [0.1, 0.15) is 19.3 Å². The molecule has 1 fully saturated rings. The zero-order valence-corrected chi connectivity index (χ0v) is 13.0. The maximum atomic E-state index is 12.5. The molecular formula is C15H20N6O2. The predicted molar refractivity (Wildman–Crippen MR) is 84.2 cm³/mol. The lowest BCUT2D eigenvalue weighted by Gasteiger charge is -2.18. The summed E-state index contributed by atoms with van der Waals surface area (Å²) in [5, 5.41) is 14.1. The lowest BCUT2D eigenvalue weighted by molar-refractivity contribution is -0.120. The molecule has 122 valence electrons. The van der Waals surface area contributed by atoms with E-state index in [0.717, 1.165) is 19.3 Å². The first-order valence-electron chi connectivity index (χ1n) is 7.65. The molecule has 3 N–H and O–H groups in total. The van der Waals surface area contributed by atoms with E-state index in [1.54, 1.807) is 25.3 Å². The minimum atomic E-state index is -0.0152. The van der Waals surface area contributed by atoms with Crippen molar-refractivity contribution in [2.24, 2.45) is 17.6 Å². The van der Waals surface area contributed by atoms with E-state index in [4.69, 9.17) is 10.5 Å². The quantitative estimate of drug-likeness (QED) is 0.851. The van der Waals surface area contributed by atoms with Crippen LogP contribution in [0.2, 0.25) is 0 Å². The Kier molecular flexibility index (Phi) is 4.52. The van der Waals surface area contributed by atoms with E-state index < -0.39 is 0 Å². The Hall–Kier alpha value is -2.48. The average molecular weight is 316 g/mol. The van der Waals surface area contributed by atoms with E-state index in [-0.39, 0.29) is 17.7 Å². The van der Waals surface area contributed by atoms with Gasteiger partial charge in [-0.3, -0.25) is 4.79 Å². The van der Waals surface area contributed by atoms with Crippen LogP contribution in [0, 0.1) is 11.8 Å². The molecule has 1 amide bonds. The molecule has 1 saturated carbocycles. The first-order valence-corrected chi connectivity index (χ1v) is 7.65. The second kappa shape index (κ2) is 6.74. The van der Waals surface area contributed by atoms with Gasteiger partial charge in [-0.2, -0.15) is 4.68 Å². The van der Waals surface area contributed by atoms with Gasteiger partial charge in [0.25, 0.3) is 0 Å². The number of aromatic nitrogens is 4. The van der Waals surface area contributed by atoms with Crippen molar-refractivity contribution >= 4 is 11.6 Å². The second-order valence-electron chi connectivity index (χ2n) is 5.66. The summed E-state index contributed by atoms with van der Waals surface area (Å²) in [6.07, 6.45) is 4.44. The summed E-state index contributed by atoms with van der Waals surface area (Å²) in [7, 11) is 1.58. The summed E-state index contributed by atoms with van der Waals surface area (Å²) in [5.41, 5.74) is 7.11. The molecule has 0 saturated heterocycles. The summed E-state index contributed by atoms with van der Waals surface area (Å²) in [5.74, 6) is 0.896.